The average molecular weight is 330 g/mol. The third-order valence-corrected chi connectivity index (χ3v) is 5.56. The second kappa shape index (κ2) is 6.31. The number of hydrogen-bond acceptors (Lipinski definition) is 4. The summed E-state index contributed by atoms with van der Waals surface area (Å²) in [5, 5.41) is 12.9. The molecule has 0 spiro atoms. The molecule has 1 unspecified atom stereocenters. The molecule has 6 nitrogen and oxygen atoms in total. The predicted octanol–water partition coefficient (Wildman–Crippen LogP) is 0.477. The van der Waals surface area contributed by atoms with Crippen LogP contribution in [0.3, 0.4) is 0 Å². The minimum absolute atomic E-state index is 0.156. The fourth-order valence-electron chi connectivity index (χ4n) is 2.58. The van der Waals surface area contributed by atoms with Crippen molar-refractivity contribution < 1.29 is 22.7 Å². The number of piperidine rings is 1. The Kier molecular flexibility index (Phi) is 4.84. The van der Waals surface area contributed by atoms with Gasteiger partial charge in [-0.15, -0.1) is 0 Å². The lowest BCUT2D eigenvalue weighted by atomic mass is 9.90. The molecule has 1 fully saturated rings. The molecule has 0 saturated carbocycles. The van der Waals surface area contributed by atoms with E-state index >= 15 is 0 Å². The van der Waals surface area contributed by atoms with E-state index in [1.54, 1.807) is 0 Å². The Hall–Kier alpha value is -1.51. The molecule has 1 aromatic carbocycles. The van der Waals surface area contributed by atoms with Crippen LogP contribution in [0, 0.1) is 5.82 Å². The number of halogens is 1. The van der Waals surface area contributed by atoms with Gasteiger partial charge in [0, 0.05) is 20.1 Å². The summed E-state index contributed by atoms with van der Waals surface area (Å²) in [5.41, 5.74) is -1.40. The summed E-state index contributed by atoms with van der Waals surface area (Å²) in [6.07, 6.45) is 0.607. The Morgan fingerprint density at radius 2 is 2.23 bits per heavy atom. The molecule has 8 heteroatoms. The number of carbonyl (C=O) groups excluding carboxylic acids is 1. The Labute approximate surface area is 129 Å². The van der Waals surface area contributed by atoms with Crippen LogP contribution >= 0.6 is 0 Å². The van der Waals surface area contributed by atoms with Crippen molar-refractivity contribution >= 4 is 15.9 Å². The summed E-state index contributed by atoms with van der Waals surface area (Å²) in [6.45, 7) is 0.0498. The molecule has 1 aliphatic heterocycles. The molecule has 1 aliphatic rings. The van der Waals surface area contributed by atoms with Crippen molar-refractivity contribution in [2.75, 3.05) is 20.1 Å². The highest BCUT2D eigenvalue weighted by Gasteiger charge is 2.40. The lowest BCUT2D eigenvalue weighted by molar-refractivity contribution is -0.127. The number of benzene rings is 1. The molecule has 0 radical (unpaired) electrons. The first-order chi connectivity index (χ1) is 10.3. The van der Waals surface area contributed by atoms with Crippen molar-refractivity contribution in [3.05, 3.63) is 30.1 Å². The van der Waals surface area contributed by atoms with Gasteiger partial charge in [0.25, 0.3) is 0 Å². The summed E-state index contributed by atoms with van der Waals surface area (Å²) in [5.74, 6) is -0.994. The number of hydrogen-bond donors (Lipinski definition) is 2. The maximum absolute atomic E-state index is 13.2. The van der Waals surface area contributed by atoms with Gasteiger partial charge >= 0.3 is 0 Å². The third kappa shape index (κ3) is 3.63. The number of nitrogens with zero attached hydrogens (tertiary/aromatic N) is 1. The smallest absolute Gasteiger partial charge is 0.243 e. The topological polar surface area (TPSA) is 86.7 Å². The highest BCUT2D eigenvalue weighted by Crippen LogP contribution is 2.28. The van der Waals surface area contributed by atoms with Crippen LogP contribution in [0.1, 0.15) is 19.3 Å². The fraction of sp³-hybridized carbons (Fsp3) is 0.500. The predicted molar refractivity (Wildman–Crippen MR) is 78.0 cm³/mol. The Morgan fingerprint density at radius 1 is 1.50 bits per heavy atom. The van der Waals surface area contributed by atoms with Gasteiger partial charge in [-0.2, -0.15) is 4.31 Å². The van der Waals surface area contributed by atoms with Crippen molar-refractivity contribution in [2.45, 2.75) is 29.8 Å². The molecule has 122 valence electrons. The number of nitrogens with one attached hydrogen (secondary N) is 1. The van der Waals surface area contributed by atoms with E-state index in [0.29, 0.717) is 12.8 Å². The standard InChI is InChI=1S/C14H19FN2O4S/c1-16-13(18)9-14(19)6-3-7-17(10-14)22(20,21)12-5-2-4-11(15)8-12/h2,4-5,8,19H,3,6-7,9-10H2,1H3,(H,16,18). The van der Waals surface area contributed by atoms with E-state index in [1.165, 1.54) is 19.2 Å². The molecular weight excluding hydrogens is 311 g/mol. The number of sulfonamides is 1. The van der Waals surface area contributed by atoms with Crippen molar-refractivity contribution in [1.29, 1.82) is 0 Å². The Balaban J connectivity index is 2.23. The van der Waals surface area contributed by atoms with Gasteiger partial charge in [-0.3, -0.25) is 4.79 Å². The summed E-state index contributed by atoms with van der Waals surface area (Å²) in [4.78, 5) is 11.3. The summed E-state index contributed by atoms with van der Waals surface area (Å²) < 4.78 is 39.4. The normalized spacial score (nSPS) is 23.2. The van der Waals surface area contributed by atoms with Gasteiger partial charge in [0.1, 0.15) is 5.82 Å². The molecule has 1 heterocycles. The summed E-state index contributed by atoms with van der Waals surface area (Å²) in [6, 6.07) is 4.74. The molecular formula is C14H19FN2O4S. The van der Waals surface area contributed by atoms with Gasteiger partial charge in [-0.1, -0.05) is 6.07 Å². The number of rotatable bonds is 4. The van der Waals surface area contributed by atoms with Gasteiger partial charge < -0.3 is 10.4 Å². The molecule has 1 saturated heterocycles. The van der Waals surface area contributed by atoms with Crippen LogP contribution in [-0.2, 0) is 14.8 Å². The van der Waals surface area contributed by atoms with Crippen LogP contribution in [0.2, 0.25) is 0 Å². The number of aliphatic hydroxyl groups is 1. The van der Waals surface area contributed by atoms with Gasteiger partial charge in [0.15, 0.2) is 0 Å². The van der Waals surface area contributed by atoms with Gasteiger partial charge in [-0.05, 0) is 31.0 Å². The van der Waals surface area contributed by atoms with Crippen LogP contribution in [0.15, 0.2) is 29.2 Å². The highest BCUT2D eigenvalue weighted by atomic mass is 32.2. The zero-order chi connectivity index (χ0) is 16.4. The molecule has 1 amide bonds. The van der Waals surface area contributed by atoms with Crippen LogP contribution < -0.4 is 5.32 Å². The zero-order valence-electron chi connectivity index (χ0n) is 12.3. The van der Waals surface area contributed by atoms with Gasteiger partial charge in [0.05, 0.1) is 16.9 Å². The maximum Gasteiger partial charge on any atom is 0.243 e. The first-order valence-corrected chi connectivity index (χ1v) is 8.39. The van der Waals surface area contributed by atoms with Gasteiger partial charge in [-0.25, -0.2) is 12.8 Å². The highest BCUT2D eigenvalue weighted by molar-refractivity contribution is 7.89. The molecule has 0 aromatic heterocycles. The van der Waals surface area contributed by atoms with E-state index in [0.717, 1.165) is 16.4 Å². The minimum Gasteiger partial charge on any atom is -0.388 e. The first-order valence-electron chi connectivity index (χ1n) is 6.95. The molecule has 0 bridgehead atoms. The third-order valence-electron chi connectivity index (χ3n) is 3.72. The molecule has 1 aromatic rings. The lowest BCUT2D eigenvalue weighted by Crippen LogP contribution is -2.52. The maximum atomic E-state index is 13.2. The first kappa shape index (κ1) is 16.9. The Morgan fingerprint density at radius 3 is 2.86 bits per heavy atom. The number of amides is 1. The van der Waals surface area contributed by atoms with Crippen molar-refractivity contribution in [2.24, 2.45) is 0 Å². The summed E-state index contributed by atoms with van der Waals surface area (Å²) >= 11 is 0. The largest absolute Gasteiger partial charge is 0.388 e. The average Bonchev–Trinajstić information content (AvgIpc) is 2.46. The van der Waals surface area contributed by atoms with E-state index in [9.17, 15) is 22.7 Å². The monoisotopic (exact) mass is 330 g/mol. The number of carbonyl (C=O) groups is 1. The second-order valence-electron chi connectivity index (χ2n) is 5.47. The summed E-state index contributed by atoms with van der Waals surface area (Å²) in [7, 11) is -2.44. The number of β-amino-alcohol motifs (C(OH)–C–C–N with tert-alkyl or cyclic N) is 1. The lowest BCUT2D eigenvalue weighted by Gasteiger charge is -2.38. The van der Waals surface area contributed by atoms with E-state index in [-0.39, 0.29) is 30.3 Å². The molecule has 1 atom stereocenters. The second-order valence-corrected chi connectivity index (χ2v) is 7.41. The van der Waals surface area contributed by atoms with E-state index in [1.807, 2.05) is 0 Å². The minimum atomic E-state index is -3.90. The van der Waals surface area contributed by atoms with Crippen molar-refractivity contribution in [1.82, 2.24) is 9.62 Å². The Bertz CT molecular complexity index is 665. The fourth-order valence-corrected chi connectivity index (χ4v) is 4.17. The SMILES string of the molecule is CNC(=O)CC1(O)CCCN(S(=O)(=O)c2cccc(F)c2)C1. The van der Waals surface area contributed by atoms with Crippen LogP contribution in [0.25, 0.3) is 0 Å². The zero-order valence-corrected chi connectivity index (χ0v) is 13.1. The molecule has 22 heavy (non-hydrogen) atoms. The molecule has 2 N–H and O–H groups in total. The van der Waals surface area contributed by atoms with Gasteiger partial charge in [0.2, 0.25) is 15.9 Å². The van der Waals surface area contributed by atoms with E-state index in [4.69, 9.17) is 0 Å². The van der Waals surface area contributed by atoms with Crippen LogP contribution in [0.4, 0.5) is 4.39 Å². The van der Waals surface area contributed by atoms with Crippen LogP contribution in [-0.4, -0.2) is 49.5 Å². The molecule has 0 aliphatic carbocycles. The van der Waals surface area contributed by atoms with E-state index in [2.05, 4.69) is 5.32 Å². The van der Waals surface area contributed by atoms with Crippen molar-refractivity contribution in [3.63, 3.8) is 0 Å². The molecule has 2 rings (SSSR count). The van der Waals surface area contributed by atoms with Crippen molar-refractivity contribution in [3.8, 4) is 0 Å². The van der Waals surface area contributed by atoms with Crippen LogP contribution in [0.5, 0.6) is 0 Å². The van der Waals surface area contributed by atoms with E-state index < -0.39 is 21.4 Å². The quantitative estimate of drug-likeness (QED) is 0.840.